The van der Waals surface area contributed by atoms with Crippen molar-refractivity contribution in [3.05, 3.63) is 29.8 Å². The Kier molecular flexibility index (Phi) is 5.72. The van der Waals surface area contributed by atoms with Gasteiger partial charge in [0.05, 0.1) is 24.8 Å². The highest BCUT2D eigenvalue weighted by molar-refractivity contribution is 5.91. The lowest BCUT2D eigenvalue weighted by atomic mass is 10.2. The molecule has 1 rings (SSSR count). The third kappa shape index (κ3) is 5.11. The van der Waals surface area contributed by atoms with E-state index < -0.39 is 0 Å². The van der Waals surface area contributed by atoms with E-state index in [2.05, 4.69) is 5.32 Å². The minimum Gasteiger partial charge on any atom is -0.382 e. The van der Waals surface area contributed by atoms with E-state index in [4.69, 9.17) is 14.7 Å². The quantitative estimate of drug-likeness (QED) is 0.750. The van der Waals surface area contributed by atoms with Crippen molar-refractivity contribution in [2.45, 2.75) is 0 Å². The van der Waals surface area contributed by atoms with Gasteiger partial charge in [0, 0.05) is 12.8 Å². The molecule has 0 aliphatic heterocycles. The van der Waals surface area contributed by atoms with Crippen LogP contribution in [0.4, 0.5) is 5.69 Å². The molecule has 0 unspecified atom stereocenters. The molecule has 1 N–H and O–H groups in total. The first-order valence-electron chi connectivity index (χ1n) is 5.13. The summed E-state index contributed by atoms with van der Waals surface area (Å²) < 4.78 is 9.84. The van der Waals surface area contributed by atoms with E-state index in [0.717, 1.165) is 0 Å². The number of carbonyl (C=O) groups excluding carboxylic acids is 1. The Hall–Kier alpha value is -1.90. The molecule has 0 heterocycles. The number of hydrogen-bond donors (Lipinski definition) is 1. The number of rotatable bonds is 6. The van der Waals surface area contributed by atoms with Crippen LogP contribution in [-0.2, 0) is 14.3 Å². The van der Waals surface area contributed by atoms with Crippen molar-refractivity contribution in [2.75, 3.05) is 32.2 Å². The zero-order valence-electron chi connectivity index (χ0n) is 9.60. The molecule has 5 heteroatoms. The molecule has 0 radical (unpaired) electrons. The van der Waals surface area contributed by atoms with Crippen LogP contribution in [0.25, 0.3) is 0 Å². The third-order valence-electron chi connectivity index (χ3n) is 1.96. The van der Waals surface area contributed by atoms with Crippen LogP contribution >= 0.6 is 0 Å². The van der Waals surface area contributed by atoms with E-state index in [1.807, 2.05) is 6.07 Å². The summed E-state index contributed by atoms with van der Waals surface area (Å²) in [6, 6.07) is 8.63. The summed E-state index contributed by atoms with van der Waals surface area (Å²) in [4.78, 5) is 11.4. The highest BCUT2D eigenvalue weighted by atomic mass is 16.5. The summed E-state index contributed by atoms with van der Waals surface area (Å²) in [6.45, 7) is 0.838. The van der Waals surface area contributed by atoms with Crippen LogP contribution in [0.2, 0.25) is 0 Å². The van der Waals surface area contributed by atoms with E-state index >= 15 is 0 Å². The molecular weight excluding hydrogens is 220 g/mol. The van der Waals surface area contributed by atoms with E-state index in [0.29, 0.717) is 24.5 Å². The van der Waals surface area contributed by atoms with Gasteiger partial charge in [0.15, 0.2) is 0 Å². The number of nitrogens with zero attached hydrogens (tertiary/aromatic N) is 1. The normalized spacial score (nSPS) is 9.65. The second kappa shape index (κ2) is 7.39. The molecule has 1 aromatic rings. The maximum atomic E-state index is 11.4. The third-order valence-corrected chi connectivity index (χ3v) is 1.96. The Morgan fingerprint density at radius 3 is 2.65 bits per heavy atom. The van der Waals surface area contributed by atoms with Gasteiger partial charge in [-0.15, -0.1) is 0 Å². The Morgan fingerprint density at radius 1 is 1.35 bits per heavy atom. The Bertz CT molecular complexity index is 395. The lowest BCUT2D eigenvalue weighted by Gasteiger charge is -2.05. The fourth-order valence-corrected chi connectivity index (χ4v) is 1.13. The molecule has 0 atom stereocenters. The number of carbonyl (C=O) groups is 1. The van der Waals surface area contributed by atoms with Crippen LogP contribution in [-0.4, -0.2) is 32.8 Å². The summed E-state index contributed by atoms with van der Waals surface area (Å²) in [5, 5.41) is 11.3. The van der Waals surface area contributed by atoms with Crippen molar-refractivity contribution in [3.8, 4) is 6.07 Å². The van der Waals surface area contributed by atoms with Gasteiger partial charge in [-0.05, 0) is 24.3 Å². The first kappa shape index (κ1) is 13.2. The minimum absolute atomic E-state index is 0.0106. The first-order chi connectivity index (χ1) is 8.26. The molecule has 0 aliphatic rings. The second-order valence-electron chi connectivity index (χ2n) is 3.28. The topological polar surface area (TPSA) is 71.3 Å². The van der Waals surface area contributed by atoms with Gasteiger partial charge in [-0.25, -0.2) is 0 Å². The van der Waals surface area contributed by atoms with Crippen molar-refractivity contribution < 1.29 is 14.3 Å². The highest BCUT2D eigenvalue weighted by Gasteiger charge is 2.02. The summed E-state index contributed by atoms with van der Waals surface area (Å²) in [5.74, 6) is -0.231. The molecule has 0 saturated heterocycles. The van der Waals surface area contributed by atoms with Crippen LogP contribution in [0.3, 0.4) is 0 Å². The van der Waals surface area contributed by atoms with Gasteiger partial charge < -0.3 is 14.8 Å². The predicted octanol–water partition coefficient (Wildman–Crippen LogP) is 1.16. The molecule has 5 nitrogen and oxygen atoms in total. The smallest absolute Gasteiger partial charge is 0.250 e. The molecule has 0 bridgehead atoms. The van der Waals surface area contributed by atoms with Crippen LogP contribution in [0, 0.1) is 11.3 Å². The van der Waals surface area contributed by atoms with Crippen molar-refractivity contribution in [3.63, 3.8) is 0 Å². The number of nitrogens with one attached hydrogen (secondary N) is 1. The maximum Gasteiger partial charge on any atom is 0.250 e. The zero-order valence-corrected chi connectivity index (χ0v) is 9.60. The molecule has 0 aromatic heterocycles. The average molecular weight is 234 g/mol. The molecule has 1 aromatic carbocycles. The monoisotopic (exact) mass is 234 g/mol. The Balaban J connectivity index is 2.32. The van der Waals surface area contributed by atoms with Gasteiger partial charge in [0.25, 0.3) is 0 Å². The van der Waals surface area contributed by atoms with Crippen LogP contribution in [0.1, 0.15) is 5.56 Å². The number of benzene rings is 1. The number of anilines is 1. The fourth-order valence-electron chi connectivity index (χ4n) is 1.13. The maximum absolute atomic E-state index is 11.4. The van der Waals surface area contributed by atoms with E-state index in [9.17, 15) is 4.79 Å². The molecule has 1 amide bonds. The lowest BCUT2D eigenvalue weighted by molar-refractivity contribution is -0.121. The molecule has 90 valence electrons. The molecule has 0 fully saturated rings. The lowest BCUT2D eigenvalue weighted by Crippen LogP contribution is -2.19. The van der Waals surface area contributed by atoms with E-state index in [-0.39, 0.29) is 12.5 Å². The largest absolute Gasteiger partial charge is 0.382 e. The van der Waals surface area contributed by atoms with Crippen LogP contribution in [0.5, 0.6) is 0 Å². The van der Waals surface area contributed by atoms with Gasteiger partial charge in [0.1, 0.15) is 6.61 Å². The average Bonchev–Trinajstić information content (AvgIpc) is 2.36. The van der Waals surface area contributed by atoms with Gasteiger partial charge in [0.2, 0.25) is 5.91 Å². The summed E-state index contributed by atoms with van der Waals surface area (Å²) >= 11 is 0. The van der Waals surface area contributed by atoms with Crippen LogP contribution in [0.15, 0.2) is 24.3 Å². The highest BCUT2D eigenvalue weighted by Crippen LogP contribution is 2.08. The second-order valence-corrected chi connectivity index (χ2v) is 3.28. The van der Waals surface area contributed by atoms with Gasteiger partial charge >= 0.3 is 0 Å². The number of methoxy groups -OCH3 is 1. The zero-order chi connectivity index (χ0) is 12.5. The van der Waals surface area contributed by atoms with Gasteiger partial charge in [-0.2, -0.15) is 5.26 Å². The fraction of sp³-hybridized carbons (Fsp3) is 0.333. The first-order valence-corrected chi connectivity index (χ1v) is 5.13. The molecule has 0 aliphatic carbocycles. The van der Waals surface area contributed by atoms with Crippen LogP contribution < -0.4 is 5.32 Å². The summed E-state index contributed by atoms with van der Waals surface area (Å²) in [7, 11) is 1.57. The number of amides is 1. The predicted molar refractivity (Wildman–Crippen MR) is 62.5 cm³/mol. The van der Waals surface area contributed by atoms with Crippen molar-refractivity contribution in [1.82, 2.24) is 0 Å². The van der Waals surface area contributed by atoms with Gasteiger partial charge in [-0.1, -0.05) is 0 Å². The number of hydrogen-bond acceptors (Lipinski definition) is 4. The molecule has 0 spiro atoms. The Labute approximate surface area is 100.0 Å². The molecular formula is C12H14N2O3. The van der Waals surface area contributed by atoms with Crippen molar-refractivity contribution >= 4 is 11.6 Å². The van der Waals surface area contributed by atoms with Crippen molar-refractivity contribution in [1.29, 1.82) is 5.26 Å². The van der Waals surface area contributed by atoms with E-state index in [1.54, 1.807) is 31.4 Å². The SMILES string of the molecule is COCCOCC(=O)Nc1ccc(C#N)cc1. The standard InChI is InChI=1S/C12H14N2O3/c1-16-6-7-17-9-12(15)14-11-4-2-10(8-13)3-5-11/h2-5H,6-7,9H2,1H3,(H,14,15). The summed E-state index contributed by atoms with van der Waals surface area (Å²) in [6.07, 6.45) is 0. The van der Waals surface area contributed by atoms with Gasteiger partial charge in [-0.3, -0.25) is 4.79 Å². The minimum atomic E-state index is -0.231. The summed E-state index contributed by atoms with van der Waals surface area (Å²) in [5.41, 5.74) is 1.20. The number of nitriles is 1. The Morgan fingerprint density at radius 2 is 2.06 bits per heavy atom. The van der Waals surface area contributed by atoms with Crippen molar-refractivity contribution in [2.24, 2.45) is 0 Å². The number of ether oxygens (including phenoxy) is 2. The molecule has 0 saturated carbocycles. The molecule has 17 heavy (non-hydrogen) atoms. The van der Waals surface area contributed by atoms with E-state index in [1.165, 1.54) is 0 Å².